The Morgan fingerprint density at radius 3 is 2.91 bits per heavy atom. The van der Waals surface area contributed by atoms with Crippen molar-refractivity contribution in [1.82, 2.24) is 5.16 Å². The summed E-state index contributed by atoms with van der Waals surface area (Å²) >= 11 is 0. The van der Waals surface area contributed by atoms with E-state index >= 15 is 0 Å². The molecule has 0 bridgehead atoms. The van der Waals surface area contributed by atoms with E-state index in [1.807, 2.05) is 19.9 Å². The lowest BCUT2D eigenvalue weighted by molar-refractivity contribution is 0.389. The Balaban J connectivity index is 2.39. The molecule has 1 rings (SSSR count). The Morgan fingerprint density at radius 2 is 2.45 bits per heavy atom. The van der Waals surface area contributed by atoms with Gasteiger partial charge in [0.15, 0.2) is 0 Å². The third kappa shape index (κ3) is 2.72. The number of hydrogen-bond donors (Lipinski definition) is 1. The molecule has 0 aliphatic heterocycles. The van der Waals surface area contributed by atoms with Crippen LogP contribution in [0.2, 0.25) is 0 Å². The third-order valence-corrected chi connectivity index (χ3v) is 1.53. The molecule has 62 valence electrons. The van der Waals surface area contributed by atoms with Gasteiger partial charge in [-0.05, 0) is 26.7 Å². The van der Waals surface area contributed by atoms with Crippen LogP contribution in [0.5, 0.6) is 0 Å². The smallest absolute Gasteiger partial charge is 0.133 e. The number of nitrogens with zero attached hydrogens (tertiary/aromatic N) is 1. The highest BCUT2D eigenvalue weighted by atomic mass is 16.5. The third-order valence-electron chi connectivity index (χ3n) is 1.53. The lowest BCUT2D eigenvalue weighted by atomic mass is 10.1. The fourth-order valence-electron chi connectivity index (χ4n) is 0.911. The standard InChI is InChI=1S/C8H14N2O/c1-6(9)3-4-8-5-7(2)11-10-8/h5-6H,3-4,9H2,1-2H3/t6-/m1/s1. The highest BCUT2D eigenvalue weighted by Crippen LogP contribution is 2.04. The van der Waals surface area contributed by atoms with Gasteiger partial charge >= 0.3 is 0 Å². The second kappa shape index (κ2) is 3.53. The van der Waals surface area contributed by atoms with E-state index in [-0.39, 0.29) is 6.04 Å². The van der Waals surface area contributed by atoms with Crippen LogP contribution in [0.3, 0.4) is 0 Å². The molecule has 0 unspecified atom stereocenters. The molecular formula is C8H14N2O. The predicted molar refractivity (Wildman–Crippen MR) is 43.2 cm³/mol. The van der Waals surface area contributed by atoms with E-state index in [1.165, 1.54) is 0 Å². The maximum absolute atomic E-state index is 5.59. The Labute approximate surface area is 66.6 Å². The predicted octanol–water partition coefficient (Wildman–Crippen LogP) is 1.26. The van der Waals surface area contributed by atoms with Crippen molar-refractivity contribution in [2.75, 3.05) is 0 Å². The van der Waals surface area contributed by atoms with Crippen LogP contribution in [0, 0.1) is 6.92 Å². The molecule has 0 aromatic carbocycles. The molecule has 0 amide bonds. The zero-order valence-corrected chi connectivity index (χ0v) is 7.00. The van der Waals surface area contributed by atoms with Crippen LogP contribution in [0.15, 0.2) is 10.6 Å². The molecule has 1 aromatic rings. The van der Waals surface area contributed by atoms with Gasteiger partial charge in [-0.3, -0.25) is 0 Å². The normalized spacial score (nSPS) is 13.4. The maximum atomic E-state index is 5.59. The van der Waals surface area contributed by atoms with Crippen LogP contribution in [0.4, 0.5) is 0 Å². The first-order valence-electron chi connectivity index (χ1n) is 3.86. The van der Waals surface area contributed by atoms with Crippen LogP contribution in [-0.2, 0) is 6.42 Å². The van der Waals surface area contributed by atoms with Crippen molar-refractivity contribution in [2.45, 2.75) is 32.7 Å². The SMILES string of the molecule is Cc1cc(CC[C@@H](C)N)no1. The average molecular weight is 154 g/mol. The Kier molecular flexibility index (Phi) is 2.65. The first kappa shape index (κ1) is 8.27. The van der Waals surface area contributed by atoms with E-state index in [2.05, 4.69) is 5.16 Å². The minimum absolute atomic E-state index is 0.243. The lowest BCUT2D eigenvalue weighted by Gasteiger charge is -1.99. The van der Waals surface area contributed by atoms with Gasteiger partial charge in [-0.25, -0.2) is 0 Å². The van der Waals surface area contributed by atoms with E-state index in [9.17, 15) is 0 Å². The van der Waals surface area contributed by atoms with Crippen molar-refractivity contribution in [3.63, 3.8) is 0 Å². The first-order chi connectivity index (χ1) is 5.18. The summed E-state index contributed by atoms with van der Waals surface area (Å²) < 4.78 is 4.91. The lowest BCUT2D eigenvalue weighted by Crippen LogP contribution is -2.15. The molecule has 0 aliphatic carbocycles. The van der Waals surface area contributed by atoms with Crippen LogP contribution in [0.25, 0.3) is 0 Å². The first-order valence-corrected chi connectivity index (χ1v) is 3.86. The van der Waals surface area contributed by atoms with Crippen LogP contribution >= 0.6 is 0 Å². The van der Waals surface area contributed by atoms with Crippen molar-refractivity contribution in [2.24, 2.45) is 5.73 Å². The fraction of sp³-hybridized carbons (Fsp3) is 0.625. The maximum Gasteiger partial charge on any atom is 0.133 e. The molecule has 0 saturated heterocycles. The highest BCUT2D eigenvalue weighted by molar-refractivity contribution is 5.03. The zero-order valence-electron chi connectivity index (χ0n) is 7.00. The van der Waals surface area contributed by atoms with E-state index in [0.717, 1.165) is 24.3 Å². The van der Waals surface area contributed by atoms with Gasteiger partial charge < -0.3 is 10.3 Å². The average Bonchev–Trinajstić information content (AvgIpc) is 2.31. The second-order valence-electron chi connectivity index (χ2n) is 2.94. The van der Waals surface area contributed by atoms with Crippen LogP contribution < -0.4 is 5.73 Å². The van der Waals surface area contributed by atoms with Crippen molar-refractivity contribution in [1.29, 1.82) is 0 Å². The molecule has 3 nitrogen and oxygen atoms in total. The topological polar surface area (TPSA) is 52.0 Å². The molecule has 11 heavy (non-hydrogen) atoms. The van der Waals surface area contributed by atoms with Gasteiger partial charge in [-0.15, -0.1) is 0 Å². The number of aryl methyl sites for hydroxylation is 2. The number of hydrogen-bond acceptors (Lipinski definition) is 3. The van der Waals surface area contributed by atoms with Crippen LogP contribution in [-0.4, -0.2) is 11.2 Å². The Morgan fingerprint density at radius 1 is 1.73 bits per heavy atom. The number of aromatic nitrogens is 1. The summed E-state index contributed by atoms with van der Waals surface area (Å²) in [6.07, 6.45) is 1.88. The summed E-state index contributed by atoms with van der Waals surface area (Å²) in [5, 5.41) is 3.86. The minimum atomic E-state index is 0.243. The van der Waals surface area contributed by atoms with E-state index < -0.39 is 0 Å². The molecule has 0 spiro atoms. The summed E-state index contributed by atoms with van der Waals surface area (Å²) in [5.74, 6) is 0.865. The van der Waals surface area contributed by atoms with E-state index in [0.29, 0.717) is 0 Å². The molecular weight excluding hydrogens is 140 g/mol. The van der Waals surface area contributed by atoms with Crippen LogP contribution in [0.1, 0.15) is 24.8 Å². The number of rotatable bonds is 3. The van der Waals surface area contributed by atoms with Gasteiger partial charge in [0, 0.05) is 12.1 Å². The summed E-state index contributed by atoms with van der Waals surface area (Å²) in [7, 11) is 0. The molecule has 1 aromatic heterocycles. The van der Waals surface area contributed by atoms with Gasteiger partial charge in [0.05, 0.1) is 5.69 Å². The summed E-state index contributed by atoms with van der Waals surface area (Å²) in [6, 6.07) is 2.19. The van der Waals surface area contributed by atoms with Gasteiger partial charge in [-0.2, -0.15) is 0 Å². The van der Waals surface area contributed by atoms with E-state index in [1.54, 1.807) is 0 Å². The van der Waals surface area contributed by atoms with Crippen molar-refractivity contribution >= 4 is 0 Å². The number of nitrogens with two attached hydrogens (primary N) is 1. The molecule has 2 N–H and O–H groups in total. The van der Waals surface area contributed by atoms with Crippen molar-refractivity contribution in [3.8, 4) is 0 Å². The highest BCUT2D eigenvalue weighted by Gasteiger charge is 2.01. The van der Waals surface area contributed by atoms with E-state index in [4.69, 9.17) is 10.3 Å². The molecule has 0 aliphatic rings. The summed E-state index contributed by atoms with van der Waals surface area (Å²) in [4.78, 5) is 0. The molecule has 3 heteroatoms. The second-order valence-corrected chi connectivity index (χ2v) is 2.94. The van der Waals surface area contributed by atoms with Gasteiger partial charge in [0.2, 0.25) is 0 Å². The quantitative estimate of drug-likeness (QED) is 0.713. The molecule has 1 heterocycles. The van der Waals surface area contributed by atoms with Crippen molar-refractivity contribution in [3.05, 3.63) is 17.5 Å². The van der Waals surface area contributed by atoms with Crippen molar-refractivity contribution < 1.29 is 4.52 Å². The molecule has 1 atom stereocenters. The molecule has 0 radical (unpaired) electrons. The Hall–Kier alpha value is -0.830. The largest absolute Gasteiger partial charge is 0.361 e. The molecule has 0 fully saturated rings. The minimum Gasteiger partial charge on any atom is -0.361 e. The monoisotopic (exact) mass is 154 g/mol. The van der Waals surface area contributed by atoms with Gasteiger partial charge in [0.25, 0.3) is 0 Å². The summed E-state index contributed by atoms with van der Waals surface area (Å²) in [5.41, 5.74) is 6.59. The van der Waals surface area contributed by atoms with Gasteiger partial charge in [0.1, 0.15) is 5.76 Å². The summed E-state index contributed by atoms with van der Waals surface area (Å²) in [6.45, 7) is 3.88. The fourth-order valence-corrected chi connectivity index (χ4v) is 0.911. The molecule has 0 saturated carbocycles. The Bertz CT molecular complexity index is 218. The zero-order chi connectivity index (χ0) is 8.27. The van der Waals surface area contributed by atoms with Gasteiger partial charge in [-0.1, -0.05) is 5.16 Å².